The van der Waals surface area contributed by atoms with Gasteiger partial charge in [-0.05, 0) is 12.1 Å². The Hall–Kier alpha value is -2.42. The van der Waals surface area contributed by atoms with Crippen LogP contribution in [0.5, 0.6) is 0 Å². The maximum absolute atomic E-state index is 13.4. The van der Waals surface area contributed by atoms with Crippen LogP contribution in [0.2, 0.25) is 0 Å². The Morgan fingerprint density at radius 2 is 2.05 bits per heavy atom. The first-order valence-electron chi connectivity index (χ1n) is 5.30. The Morgan fingerprint density at radius 1 is 1.25 bits per heavy atom. The second kappa shape index (κ2) is 4.60. The van der Waals surface area contributed by atoms with Crippen molar-refractivity contribution in [3.63, 3.8) is 0 Å². The summed E-state index contributed by atoms with van der Waals surface area (Å²) in [5.41, 5.74) is 1.07. The largest absolute Gasteiger partial charge is 0.318 e. The molecule has 0 radical (unpaired) electrons. The molecule has 2 aromatic heterocycles. The van der Waals surface area contributed by atoms with Crippen molar-refractivity contribution in [2.24, 2.45) is 0 Å². The van der Waals surface area contributed by atoms with E-state index in [2.05, 4.69) is 15.4 Å². The smallest absolute Gasteiger partial charge is 0.276 e. The molecule has 9 heteroatoms. The Morgan fingerprint density at radius 3 is 2.80 bits per heavy atom. The third kappa shape index (κ3) is 2.01. The maximum Gasteiger partial charge on any atom is 0.276 e. The molecule has 0 aliphatic rings. The van der Waals surface area contributed by atoms with Crippen molar-refractivity contribution in [3.8, 4) is 0 Å². The molecule has 0 unspecified atom stereocenters. The topological polar surface area (TPSA) is 59.3 Å². The Bertz CT molecular complexity index is 785. The number of nitrogens with zero attached hydrogens (tertiary/aromatic N) is 3. The highest BCUT2D eigenvalue weighted by atomic mass is 32.1. The van der Waals surface area contributed by atoms with Crippen LogP contribution in [0.1, 0.15) is 10.5 Å². The lowest BCUT2D eigenvalue weighted by Gasteiger charge is -2.05. The number of halogens is 3. The minimum Gasteiger partial charge on any atom is -0.318 e. The van der Waals surface area contributed by atoms with Gasteiger partial charge >= 0.3 is 0 Å². The number of anilines is 1. The van der Waals surface area contributed by atoms with Crippen LogP contribution in [0.25, 0.3) is 4.96 Å². The van der Waals surface area contributed by atoms with Crippen molar-refractivity contribution in [2.75, 3.05) is 5.32 Å². The van der Waals surface area contributed by atoms with Crippen molar-refractivity contribution in [2.45, 2.75) is 0 Å². The first kappa shape index (κ1) is 12.6. The summed E-state index contributed by atoms with van der Waals surface area (Å²) in [6.45, 7) is 0. The Balaban J connectivity index is 1.89. The molecule has 3 aromatic rings. The zero-order valence-corrected chi connectivity index (χ0v) is 10.4. The van der Waals surface area contributed by atoms with E-state index < -0.39 is 29.0 Å². The van der Waals surface area contributed by atoms with Gasteiger partial charge < -0.3 is 5.32 Å². The van der Waals surface area contributed by atoms with Crippen LogP contribution in [0.15, 0.2) is 23.8 Å². The fraction of sp³-hybridized carbons (Fsp3) is 0. The summed E-state index contributed by atoms with van der Waals surface area (Å²) in [5.74, 6) is -5.17. The number of nitrogens with one attached hydrogen (secondary N) is 1. The van der Waals surface area contributed by atoms with Crippen molar-refractivity contribution in [3.05, 3.63) is 47.0 Å². The highest BCUT2D eigenvalue weighted by Crippen LogP contribution is 2.20. The Labute approximate surface area is 113 Å². The van der Waals surface area contributed by atoms with Crippen molar-refractivity contribution < 1.29 is 18.0 Å². The highest BCUT2D eigenvalue weighted by Gasteiger charge is 2.18. The van der Waals surface area contributed by atoms with Gasteiger partial charge in [-0.15, -0.1) is 0 Å². The van der Waals surface area contributed by atoms with Crippen LogP contribution in [0.4, 0.5) is 18.9 Å². The van der Waals surface area contributed by atoms with Crippen molar-refractivity contribution >= 4 is 27.9 Å². The minimum atomic E-state index is -1.64. The molecular formula is C11H5F3N4OS. The van der Waals surface area contributed by atoms with Crippen molar-refractivity contribution in [1.29, 1.82) is 0 Å². The summed E-state index contributed by atoms with van der Waals surface area (Å²) in [6, 6.07) is 1.66. The molecule has 2 heterocycles. The summed E-state index contributed by atoms with van der Waals surface area (Å²) in [6.07, 6.45) is 1.35. The van der Waals surface area contributed by atoms with E-state index in [1.54, 1.807) is 5.51 Å². The molecule has 102 valence electrons. The van der Waals surface area contributed by atoms with E-state index in [4.69, 9.17) is 0 Å². The summed E-state index contributed by atoms with van der Waals surface area (Å²) in [5, 5.41) is 6.01. The first-order valence-corrected chi connectivity index (χ1v) is 6.18. The number of carbonyl (C=O) groups excluding carboxylic acids is 1. The van der Waals surface area contributed by atoms with E-state index >= 15 is 0 Å². The second-order valence-electron chi connectivity index (χ2n) is 3.77. The predicted octanol–water partition coefficient (Wildman–Crippen LogP) is 2.46. The van der Waals surface area contributed by atoms with Gasteiger partial charge in [-0.3, -0.25) is 4.79 Å². The van der Waals surface area contributed by atoms with Crippen LogP contribution in [0, 0.1) is 17.5 Å². The van der Waals surface area contributed by atoms with Crippen LogP contribution in [0.3, 0.4) is 0 Å². The fourth-order valence-electron chi connectivity index (χ4n) is 1.56. The lowest BCUT2D eigenvalue weighted by atomic mass is 10.2. The zero-order chi connectivity index (χ0) is 14.3. The molecule has 1 aromatic carbocycles. The van der Waals surface area contributed by atoms with Gasteiger partial charge in [0, 0.05) is 0 Å². The zero-order valence-electron chi connectivity index (χ0n) is 9.60. The average molecular weight is 298 g/mol. The molecule has 0 aliphatic carbocycles. The molecule has 0 aliphatic heterocycles. The standard InChI is InChI=1S/C11H5F3N4OS/c12-5-1-2-6(9(14)8(5)13)16-10(19)7-3-18-11(17-7)20-4-15-18/h1-4H,(H,16,19). The quantitative estimate of drug-likeness (QED) is 0.739. The molecule has 5 nitrogen and oxygen atoms in total. The van der Waals surface area contributed by atoms with E-state index in [0.29, 0.717) is 4.96 Å². The van der Waals surface area contributed by atoms with Gasteiger partial charge in [-0.25, -0.2) is 22.7 Å². The molecule has 20 heavy (non-hydrogen) atoms. The molecule has 0 saturated heterocycles. The first-order chi connectivity index (χ1) is 9.56. The SMILES string of the molecule is O=C(Nc1ccc(F)c(F)c1F)c1cn2ncsc2n1. The Kier molecular flexibility index (Phi) is 2.90. The normalized spacial score (nSPS) is 10.9. The van der Waals surface area contributed by atoms with E-state index in [0.717, 1.165) is 12.1 Å². The predicted molar refractivity (Wildman–Crippen MR) is 65.1 cm³/mol. The number of fused-ring (bicyclic) bond motifs is 1. The lowest BCUT2D eigenvalue weighted by molar-refractivity contribution is 0.102. The molecule has 0 bridgehead atoms. The third-order valence-corrected chi connectivity index (χ3v) is 3.19. The maximum atomic E-state index is 13.4. The van der Waals surface area contributed by atoms with Gasteiger partial charge in [-0.2, -0.15) is 5.10 Å². The summed E-state index contributed by atoms with van der Waals surface area (Å²) in [7, 11) is 0. The molecular weight excluding hydrogens is 293 g/mol. The molecule has 0 fully saturated rings. The lowest BCUT2D eigenvalue weighted by Crippen LogP contribution is -2.14. The van der Waals surface area contributed by atoms with Crippen LogP contribution in [-0.2, 0) is 0 Å². The third-order valence-electron chi connectivity index (χ3n) is 2.50. The number of aromatic nitrogens is 3. The van der Waals surface area contributed by atoms with E-state index in [-0.39, 0.29) is 5.69 Å². The molecule has 1 N–H and O–H groups in total. The minimum absolute atomic E-state index is 0.00603. The van der Waals surface area contributed by atoms with Gasteiger partial charge in [-0.1, -0.05) is 11.3 Å². The number of carbonyl (C=O) groups is 1. The number of amides is 1. The van der Waals surface area contributed by atoms with Crippen LogP contribution >= 0.6 is 11.3 Å². The van der Waals surface area contributed by atoms with Crippen LogP contribution in [-0.4, -0.2) is 20.5 Å². The van der Waals surface area contributed by atoms with Gasteiger partial charge in [0.25, 0.3) is 5.91 Å². The molecule has 0 spiro atoms. The molecule has 0 saturated carbocycles. The van der Waals surface area contributed by atoms with Crippen LogP contribution < -0.4 is 5.32 Å². The number of hydrogen-bond acceptors (Lipinski definition) is 4. The highest BCUT2D eigenvalue weighted by molar-refractivity contribution is 7.14. The molecule has 3 rings (SSSR count). The van der Waals surface area contributed by atoms with Crippen molar-refractivity contribution in [1.82, 2.24) is 14.6 Å². The average Bonchev–Trinajstić information content (AvgIpc) is 3.00. The van der Waals surface area contributed by atoms with E-state index in [9.17, 15) is 18.0 Å². The summed E-state index contributed by atoms with van der Waals surface area (Å²) < 4.78 is 40.6. The number of imidazole rings is 1. The monoisotopic (exact) mass is 298 g/mol. The summed E-state index contributed by atoms with van der Waals surface area (Å²) >= 11 is 1.22. The second-order valence-corrected chi connectivity index (χ2v) is 4.58. The number of hydrogen-bond donors (Lipinski definition) is 1. The van der Waals surface area contributed by atoms with E-state index in [1.807, 2.05) is 0 Å². The van der Waals surface area contributed by atoms with Gasteiger partial charge in [0.2, 0.25) is 4.96 Å². The number of benzene rings is 1. The summed E-state index contributed by atoms with van der Waals surface area (Å²) in [4.78, 5) is 16.3. The van der Waals surface area contributed by atoms with Gasteiger partial charge in [0.05, 0.1) is 11.9 Å². The fourth-order valence-corrected chi connectivity index (χ4v) is 2.16. The van der Waals surface area contributed by atoms with E-state index in [1.165, 1.54) is 22.0 Å². The van der Waals surface area contributed by atoms with Gasteiger partial charge in [0.1, 0.15) is 11.2 Å². The molecule has 1 amide bonds. The molecule has 0 atom stereocenters. The number of rotatable bonds is 2. The van der Waals surface area contributed by atoms with Gasteiger partial charge in [0.15, 0.2) is 17.5 Å².